The van der Waals surface area contributed by atoms with E-state index < -0.39 is 0 Å². The molecular formula is C23H28BN3O2S. The van der Waals surface area contributed by atoms with Crippen LogP contribution < -0.4 is 10.1 Å². The molecule has 0 amide bonds. The molecule has 3 aromatic rings. The van der Waals surface area contributed by atoms with Gasteiger partial charge in [0, 0.05) is 9.65 Å². The third-order valence-corrected chi connectivity index (χ3v) is 7.73. The van der Waals surface area contributed by atoms with Gasteiger partial charge >= 0.3 is 7.12 Å². The highest BCUT2D eigenvalue weighted by atomic mass is 32.1. The normalized spacial score (nSPS) is 22.7. The van der Waals surface area contributed by atoms with Crippen molar-refractivity contribution in [3.8, 4) is 21.7 Å². The fraction of sp³-hybridized carbons (Fsp3) is 0.435. The largest absolute Gasteiger partial charge is 0.505 e. The van der Waals surface area contributed by atoms with Gasteiger partial charge in [0.05, 0.1) is 29.1 Å². The standard InChI is InChI=1S/C23H28BN3O2S/c1-22(2)23(3,4)29-24(28-22)20-12-11-19(30-20)16-9-7-15(8-10-16)18-14-26-21(27-18)17-6-5-13-25-17/h7-12,14,17,25H,5-6,13H2,1-4H3,(H,26,27). The molecule has 5 rings (SSSR count). The molecule has 1 aromatic carbocycles. The maximum Gasteiger partial charge on any atom is 0.505 e. The zero-order valence-corrected chi connectivity index (χ0v) is 18.8. The van der Waals surface area contributed by atoms with Gasteiger partial charge in [0.25, 0.3) is 0 Å². The van der Waals surface area contributed by atoms with Crippen molar-refractivity contribution in [2.24, 2.45) is 0 Å². The monoisotopic (exact) mass is 421 g/mol. The SMILES string of the molecule is CC1(C)OB(c2ccc(-c3ccc(-c4cnc(C5CCCN5)[nH]4)cc3)s2)OC1(C)C. The lowest BCUT2D eigenvalue weighted by Gasteiger charge is -2.32. The number of aromatic nitrogens is 2. The van der Waals surface area contributed by atoms with E-state index in [1.54, 1.807) is 11.3 Å². The lowest BCUT2D eigenvalue weighted by Crippen LogP contribution is -2.41. The Labute approximate surface area is 182 Å². The van der Waals surface area contributed by atoms with Crippen molar-refractivity contribution in [3.05, 3.63) is 48.4 Å². The number of thiophene rings is 1. The minimum absolute atomic E-state index is 0.305. The van der Waals surface area contributed by atoms with Gasteiger partial charge in [-0.1, -0.05) is 30.3 Å². The lowest BCUT2D eigenvalue weighted by molar-refractivity contribution is 0.00578. The predicted molar refractivity (Wildman–Crippen MR) is 123 cm³/mol. The number of aromatic amines is 1. The van der Waals surface area contributed by atoms with Gasteiger partial charge in [-0.25, -0.2) is 4.98 Å². The molecule has 30 heavy (non-hydrogen) atoms. The molecule has 0 radical (unpaired) electrons. The van der Waals surface area contributed by atoms with Gasteiger partial charge < -0.3 is 19.6 Å². The van der Waals surface area contributed by atoms with E-state index in [0.717, 1.165) is 34.8 Å². The molecule has 2 aliphatic rings. The summed E-state index contributed by atoms with van der Waals surface area (Å²) >= 11 is 1.73. The fourth-order valence-corrected chi connectivity index (χ4v) is 4.96. The molecule has 5 nitrogen and oxygen atoms in total. The maximum atomic E-state index is 6.19. The summed E-state index contributed by atoms with van der Waals surface area (Å²) in [7, 11) is -0.305. The van der Waals surface area contributed by atoms with Crippen molar-refractivity contribution < 1.29 is 9.31 Å². The number of imidazole rings is 1. The molecule has 2 saturated heterocycles. The molecule has 4 heterocycles. The summed E-state index contributed by atoms with van der Waals surface area (Å²) in [6.45, 7) is 9.42. The molecule has 0 saturated carbocycles. The Bertz CT molecular complexity index is 1020. The van der Waals surface area contributed by atoms with Crippen LogP contribution in [-0.2, 0) is 9.31 Å². The van der Waals surface area contributed by atoms with Crippen molar-refractivity contribution in [3.63, 3.8) is 0 Å². The summed E-state index contributed by atoms with van der Waals surface area (Å²) in [5, 5.41) is 3.49. The van der Waals surface area contributed by atoms with E-state index in [-0.39, 0.29) is 18.3 Å². The Morgan fingerprint density at radius 1 is 1.00 bits per heavy atom. The first kappa shape index (κ1) is 20.0. The van der Waals surface area contributed by atoms with Crippen LogP contribution in [-0.4, -0.2) is 34.8 Å². The van der Waals surface area contributed by atoms with E-state index in [1.165, 1.54) is 16.9 Å². The highest BCUT2D eigenvalue weighted by molar-refractivity contribution is 7.25. The quantitative estimate of drug-likeness (QED) is 0.608. The molecule has 1 unspecified atom stereocenters. The molecule has 0 aliphatic carbocycles. The van der Waals surface area contributed by atoms with Crippen LogP contribution in [0.4, 0.5) is 0 Å². The van der Waals surface area contributed by atoms with Crippen LogP contribution in [0.1, 0.15) is 52.4 Å². The van der Waals surface area contributed by atoms with Crippen molar-refractivity contribution in [1.82, 2.24) is 15.3 Å². The molecule has 156 valence electrons. The van der Waals surface area contributed by atoms with E-state index in [2.05, 4.69) is 79.4 Å². The number of nitrogens with one attached hydrogen (secondary N) is 2. The first-order chi connectivity index (χ1) is 14.3. The summed E-state index contributed by atoms with van der Waals surface area (Å²) in [4.78, 5) is 9.28. The molecule has 2 fully saturated rings. The second-order valence-corrected chi connectivity index (χ2v) is 10.3. The highest BCUT2D eigenvalue weighted by Gasteiger charge is 2.52. The molecule has 0 bridgehead atoms. The Morgan fingerprint density at radius 3 is 2.37 bits per heavy atom. The van der Waals surface area contributed by atoms with Crippen molar-refractivity contribution in [1.29, 1.82) is 0 Å². The molecule has 2 N–H and O–H groups in total. The average Bonchev–Trinajstić information content (AvgIpc) is 3.49. The Balaban J connectivity index is 1.32. The third kappa shape index (κ3) is 3.54. The summed E-state index contributed by atoms with van der Waals surface area (Å²) in [5.41, 5.74) is 2.78. The van der Waals surface area contributed by atoms with E-state index in [0.29, 0.717) is 6.04 Å². The van der Waals surface area contributed by atoms with E-state index >= 15 is 0 Å². The molecule has 0 spiro atoms. The van der Waals surface area contributed by atoms with Gasteiger partial charge in [-0.2, -0.15) is 0 Å². The second-order valence-electron chi connectivity index (χ2n) is 9.20. The van der Waals surface area contributed by atoms with Gasteiger partial charge in [-0.15, -0.1) is 11.3 Å². The first-order valence-electron chi connectivity index (χ1n) is 10.7. The molecular weight excluding hydrogens is 393 g/mol. The number of H-pyrrole nitrogens is 1. The van der Waals surface area contributed by atoms with Crippen LogP contribution in [0.2, 0.25) is 0 Å². The van der Waals surface area contributed by atoms with E-state index in [1.807, 2.05) is 6.20 Å². The van der Waals surface area contributed by atoms with Crippen LogP contribution in [0.15, 0.2) is 42.6 Å². The van der Waals surface area contributed by atoms with Gasteiger partial charge in [-0.05, 0) is 64.3 Å². The number of nitrogens with zero attached hydrogens (tertiary/aromatic N) is 1. The van der Waals surface area contributed by atoms with Gasteiger partial charge in [0.2, 0.25) is 0 Å². The summed E-state index contributed by atoms with van der Waals surface area (Å²) in [6.07, 6.45) is 4.30. The van der Waals surface area contributed by atoms with Crippen molar-refractivity contribution in [2.75, 3.05) is 6.54 Å². The number of hydrogen-bond donors (Lipinski definition) is 2. The Kier molecular flexibility index (Phi) is 4.90. The van der Waals surface area contributed by atoms with Crippen LogP contribution in [0.25, 0.3) is 21.7 Å². The van der Waals surface area contributed by atoms with Gasteiger partial charge in [0.1, 0.15) is 5.82 Å². The lowest BCUT2D eigenvalue weighted by atomic mass is 9.88. The second kappa shape index (κ2) is 7.34. The van der Waals surface area contributed by atoms with Gasteiger partial charge in [0.15, 0.2) is 0 Å². The first-order valence-corrected chi connectivity index (χ1v) is 11.5. The van der Waals surface area contributed by atoms with Crippen LogP contribution >= 0.6 is 11.3 Å². The van der Waals surface area contributed by atoms with Crippen LogP contribution in [0.5, 0.6) is 0 Å². The van der Waals surface area contributed by atoms with Crippen LogP contribution in [0.3, 0.4) is 0 Å². The predicted octanol–water partition coefficient (Wildman–Crippen LogP) is 4.53. The highest BCUT2D eigenvalue weighted by Crippen LogP contribution is 2.37. The Hall–Kier alpha value is -1.93. The number of hydrogen-bond acceptors (Lipinski definition) is 5. The van der Waals surface area contributed by atoms with Crippen molar-refractivity contribution >= 4 is 23.2 Å². The molecule has 7 heteroatoms. The topological polar surface area (TPSA) is 59.2 Å². The Morgan fingerprint density at radius 2 is 1.70 bits per heavy atom. The molecule has 2 aromatic heterocycles. The zero-order valence-electron chi connectivity index (χ0n) is 18.0. The molecule has 1 atom stereocenters. The minimum Gasteiger partial charge on any atom is -0.399 e. The number of benzene rings is 1. The summed E-state index contributed by atoms with van der Waals surface area (Å²) in [5.74, 6) is 1.04. The summed E-state index contributed by atoms with van der Waals surface area (Å²) in [6, 6.07) is 13.3. The third-order valence-electron chi connectivity index (χ3n) is 6.58. The number of rotatable bonds is 4. The summed E-state index contributed by atoms with van der Waals surface area (Å²) < 4.78 is 13.5. The van der Waals surface area contributed by atoms with Gasteiger partial charge in [-0.3, -0.25) is 0 Å². The molecule has 2 aliphatic heterocycles. The fourth-order valence-electron chi connectivity index (χ4n) is 3.99. The van der Waals surface area contributed by atoms with Crippen LogP contribution in [0, 0.1) is 0 Å². The average molecular weight is 421 g/mol. The zero-order chi connectivity index (χ0) is 20.9. The smallest absolute Gasteiger partial charge is 0.399 e. The van der Waals surface area contributed by atoms with E-state index in [9.17, 15) is 0 Å². The van der Waals surface area contributed by atoms with Crippen molar-refractivity contribution in [2.45, 2.75) is 57.8 Å². The maximum absolute atomic E-state index is 6.19. The minimum atomic E-state index is -0.319. The van der Waals surface area contributed by atoms with E-state index in [4.69, 9.17) is 9.31 Å².